The van der Waals surface area contributed by atoms with E-state index in [4.69, 9.17) is 46.4 Å². The van der Waals surface area contributed by atoms with Crippen molar-refractivity contribution in [2.75, 3.05) is 0 Å². The Morgan fingerprint density at radius 1 is 0.895 bits per heavy atom. The van der Waals surface area contributed by atoms with Gasteiger partial charge in [0.2, 0.25) is 0 Å². The molecule has 0 radical (unpaired) electrons. The molecule has 0 heterocycles. The summed E-state index contributed by atoms with van der Waals surface area (Å²) in [6.07, 6.45) is -0.361. The summed E-state index contributed by atoms with van der Waals surface area (Å²) in [6, 6.07) is 10.4. The van der Waals surface area contributed by atoms with Gasteiger partial charge in [-0.1, -0.05) is 64.6 Å². The van der Waals surface area contributed by atoms with Gasteiger partial charge in [0.25, 0.3) is 0 Å². The maximum absolute atomic E-state index is 10.2. The lowest BCUT2D eigenvalue weighted by molar-refractivity contribution is 0.178. The summed E-state index contributed by atoms with van der Waals surface area (Å²) in [7, 11) is 0. The van der Waals surface area contributed by atoms with Gasteiger partial charge in [-0.2, -0.15) is 0 Å². The first kappa shape index (κ1) is 15.0. The van der Waals surface area contributed by atoms with Crippen LogP contribution in [0.1, 0.15) is 17.2 Å². The molecule has 5 heteroatoms. The molecule has 0 saturated carbocycles. The molecule has 2 aromatic rings. The second-order valence-corrected chi connectivity index (χ2v) is 5.71. The lowest BCUT2D eigenvalue weighted by Gasteiger charge is -2.14. The average molecular weight is 336 g/mol. The van der Waals surface area contributed by atoms with E-state index in [0.29, 0.717) is 32.1 Å². The van der Waals surface area contributed by atoms with E-state index in [1.165, 1.54) is 0 Å². The number of hydrogen-bond acceptors (Lipinski definition) is 1. The Balaban J connectivity index is 2.23. The van der Waals surface area contributed by atoms with Crippen molar-refractivity contribution < 1.29 is 5.11 Å². The molecule has 100 valence electrons. The largest absolute Gasteiger partial charge is 0.388 e. The van der Waals surface area contributed by atoms with Gasteiger partial charge in [0.05, 0.1) is 26.2 Å². The Bertz CT molecular complexity index is 598. The monoisotopic (exact) mass is 334 g/mol. The quantitative estimate of drug-likeness (QED) is 0.776. The Morgan fingerprint density at radius 3 is 2.32 bits per heavy atom. The number of halogens is 4. The van der Waals surface area contributed by atoms with Crippen LogP contribution >= 0.6 is 46.4 Å². The molecule has 1 nitrogen and oxygen atoms in total. The van der Waals surface area contributed by atoms with E-state index in [1.807, 2.05) is 6.07 Å². The van der Waals surface area contributed by atoms with Crippen molar-refractivity contribution in [1.82, 2.24) is 0 Å². The summed E-state index contributed by atoms with van der Waals surface area (Å²) in [4.78, 5) is 0. The Kier molecular flexibility index (Phi) is 4.99. The van der Waals surface area contributed by atoms with Crippen molar-refractivity contribution >= 4 is 46.4 Å². The van der Waals surface area contributed by atoms with Crippen molar-refractivity contribution in [3.63, 3.8) is 0 Å². The molecule has 19 heavy (non-hydrogen) atoms. The normalized spacial score (nSPS) is 12.5. The van der Waals surface area contributed by atoms with Crippen LogP contribution in [0.2, 0.25) is 20.1 Å². The van der Waals surface area contributed by atoms with Crippen molar-refractivity contribution in [2.24, 2.45) is 0 Å². The molecule has 1 atom stereocenters. The fourth-order valence-electron chi connectivity index (χ4n) is 1.78. The van der Waals surface area contributed by atoms with E-state index in [-0.39, 0.29) is 0 Å². The van der Waals surface area contributed by atoms with Gasteiger partial charge in [0, 0.05) is 12.0 Å². The third kappa shape index (κ3) is 3.56. The zero-order valence-corrected chi connectivity index (χ0v) is 12.7. The molecular weight excluding hydrogens is 326 g/mol. The highest BCUT2D eigenvalue weighted by molar-refractivity contribution is 6.42. The molecule has 0 bridgehead atoms. The van der Waals surface area contributed by atoms with E-state index in [2.05, 4.69) is 0 Å². The summed E-state index contributed by atoms with van der Waals surface area (Å²) in [5.41, 5.74) is 1.47. The Morgan fingerprint density at radius 2 is 1.63 bits per heavy atom. The van der Waals surface area contributed by atoms with Crippen molar-refractivity contribution in [3.05, 3.63) is 67.6 Å². The van der Waals surface area contributed by atoms with Gasteiger partial charge >= 0.3 is 0 Å². The molecule has 0 aromatic heterocycles. The molecule has 2 rings (SSSR count). The first-order valence-electron chi connectivity index (χ1n) is 5.55. The SMILES string of the molecule is OC(Cc1ccc(Cl)c(Cl)c1)c1cccc(Cl)c1Cl. The molecule has 0 aliphatic carbocycles. The van der Waals surface area contributed by atoms with Crippen LogP contribution in [0.15, 0.2) is 36.4 Å². The van der Waals surface area contributed by atoms with E-state index in [9.17, 15) is 5.11 Å². The predicted octanol–water partition coefficient (Wildman–Crippen LogP) is 5.58. The summed E-state index contributed by atoms with van der Waals surface area (Å²) in [5.74, 6) is 0. The summed E-state index contributed by atoms with van der Waals surface area (Å²) in [5, 5.41) is 12.0. The molecule has 1 N–H and O–H groups in total. The van der Waals surface area contributed by atoms with Gasteiger partial charge in [0.15, 0.2) is 0 Å². The molecule has 0 fully saturated rings. The zero-order valence-electron chi connectivity index (χ0n) is 9.71. The van der Waals surface area contributed by atoms with Crippen LogP contribution < -0.4 is 0 Å². The third-order valence-electron chi connectivity index (χ3n) is 2.75. The van der Waals surface area contributed by atoms with Crippen LogP contribution in [0.3, 0.4) is 0 Å². The second kappa shape index (κ2) is 6.34. The maximum atomic E-state index is 10.2. The Hall–Kier alpha value is -0.440. The molecule has 0 saturated heterocycles. The second-order valence-electron chi connectivity index (χ2n) is 4.11. The minimum atomic E-state index is -0.747. The van der Waals surface area contributed by atoms with Crippen LogP contribution in [0.25, 0.3) is 0 Å². The van der Waals surface area contributed by atoms with Crippen molar-refractivity contribution in [3.8, 4) is 0 Å². The highest BCUT2D eigenvalue weighted by atomic mass is 35.5. The molecule has 2 aromatic carbocycles. The van der Waals surface area contributed by atoms with Crippen LogP contribution in [0, 0.1) is 0 Å². The molecule has 0 amide bonds. The zero-order chi connectivity index (χ0) is 14.0. The smallest absolute Gasteiger partial charge is 0.0845 e. The Labute approximate surface area is 131 Å². The van der Waals surface area contributed by atoms with Gasteiger partial charge in [-0.3, -0.25) is 0 Å². The van der Waals surface area contributed by atoms with Gasteiger partial charge in [-0.05, 0) is 23.8 Å². The van der Waals surface area contributed by atoms with Gasteiger partial charge in [0.1, 0.15) is 0 Å². The number of rotatable bonds is 3. The average Bonchev–Trinajstić information content (AvgIpc) is 2.37. The van der Waals surface area contributed by atoms with Crippen LogP contribution in [-0.2, 0) is 6.42 Å². The summed E-state index contributed by atoms with van der Waals surface area (Å²) >= 11 is 23.8. The predicted molar refractivity (Wildman–Crippen MR) is 81.6 cm³/mol. The molecule has 0 aliphatic heterocycles. The van der Waals surface area contributed by atoms with Crippen molar-refractivity contribution in [2.45, 2.75) is 12.5 Å². The fraction of sp³-hybridized carbons (Fsp3) is 0.143. The van der Waals surface area contributed by atoms with Crippen LogP contribution in [0.5, 0.6) is 0 Å². The van der Waals surface area contributed by atoms with E-state index in [1.54, 1.807) is 30.3 Å². The molecule has 0 aliphatic rings. The summed E-state index contributed by atoms with van der Waals surface area (Å²) in [6.45, 7) is 0. The number of aliphatic hydroxyl groups is 1. The standard InChI is InChI=1S/C14H10Cl4O/c15-10-5-4-8(6-12(10)17)7-13(19)9-2-1-3-11(16)14(9)18/h1-6,13,19H,7H2. The van der Waals surface area contributed by atoms with Crippen molar-refractivity contribution in [1.29, 1.82) is 0 Å². The number of aliphatic hydroxyl groups excluding tert-OH is 1. The van der Waals surface area contributed by atoms with Gasteiger partial charge in [-0.25, -0.2) is 0 Å². The maximum Gasteiger partial charge on any atom is 0.0845 e. The first-order valence-corrected chi connectivity index (χ1v) is 7.06. The highest BCUT2D eigenvalue weighted by Crippen LogP contribution is 2.32. The minimum absolute atomic E-state index is 0.372. The molecule has 1 unspecified atom stereocenters. The first-order chi connectivity index (χ1) is 8.99. The van der Waals surface area contributed by atoms with Gasteiger partial charge < -0.3 is 5.11 Å². The molecular formula is C14H10Cl4O. The highest BCUT2D eigenvalue weighted by Gasteiger charge is 2.14. The third-order valence-corrected chi connectivity index (χ3v) is 4.33. The number of benzene rings is 2. The van der Waals surface area contributed by atoms with E-state index >= 15 is 0 Å². The minimum Gasteiger partial charge on any atom is -0.388 e. The van der Waals surface area contributed by atoms with E-state index in [0.717, 1.165) is 5.56 Å². The number of hydrogen-bond donors (Lipinski definition) is 1. The lowest BCUT2D eigenvalue weighted by Crippen LogP contribution is -2.02. The van der Waals surface area contributed by atoms with Crippen LogP contribution in [-0.4, -0.2) is 5.11 Å². The molecule has 0 spiro atoms. The van der Waals surface area contributed by atoms with Gasteiger partial charge in [-0.15, -0.1) is 0 Å². The summed E-state index contributed by atoms with van der Waals surface area (Å²) < 4.78 is 0. The van der Waals surface area contributed by atoms with Crippen LogP contribution in [0.4, 0.5) is 0 Å². The topological polar surface area (TPSA) is 20.2 Å². The fourth-order valence-corrected chi connectivity index (χ4v) is 2.53. The van der Waals surface area contributed by atoms with E-state index < -0.39 is 6.10 Å². The lowest BCUT2D eigenvalue weighted by atomic mass is 10.0.